The minimum absolute atomic E-state index is 0.0322. The van der Waals surface area contributed by atoms with Gasteiger partial charge < -0.3 is 19.6 Å². The van der Waals surface area contributed by atoms with Gasteiger partial charge in [0.15, 0.2) is 22.9 Å². The third-order valence-corrected chi connectivity index (χ3v) is 11.6. The Kier molecular flexibility index (Phi) is 9.96. The minimum atomic E-state index is -1.25. The molecule has 2 heterocycles. The van der Waals surface area contributed by atoms with Crippen LogP contribution in [0.2, 0.25) is 0 Å². The summed E-state index contributed by atoms with van der Waals surface area (Å²) >= 11 is 0. The number of carbonyl (C=O) groups is 4. The lowest BCUT2D eigenvalue weighted by atomic mass is 9.57. The van der Waals surface area contributed by atoms with Crippen molar-refractivity contribution in [2.75, 3.05) is 54.4 Å². The Hall–Kier alpha value is -7.52. The first kappa shape index (κ1) is 40.7. The van der Waals surface area contributed by atoms with Crippen molar-refractivity contribution in [1.29, 1.82) is 0 Å². The minimum Gasteiger partial charge on any atom is -0.504 e. The largest absolute Gasteiger partial charge is 0.504 e. The summed E-state index contributed by atoms with van der Waals surface area (Å²) in [6.45, 7) is 1.80. The molecule has 0 bridgehead atoms. The SMILES string of the molecule is CCOc1cc([C@H]2C3=CC[C@@H]4C(=O)N(c5cc([N+](=O)[O-])c(N(C)C)c([N+](=O)[O-])c5)C(=O)[C@@H]4[C@@H]3C[C@H]3C(=O)N(c4cc([N+](=O)[O-])c(N(C)C)c([N+](=O)[O-])c4)C(=O)[C@@H]23)ccc1O. The first-order valence-electron chi connectivity index (χ1n) is 18.5. The first-order chi connectivity index (χ1) is 28.3. The topological polar surface area (TPSA) is 283 Å². The lowest BCUT2D eigenvalue weighted by Crippen LogP contribution is -2.43. The number of carbonyl (C=O) groups excluding carboxylic acids is 4. The molecule has 2 aliphatic heterocycles. The standard InChI is InChI=1S/C38H36N8O14/c1-6-60-29-11-17(7-10-28(29)47)30-20-8-9-21-31(37(50)41(35(21)48)18-12-24(43(52)53)33(39(2)3)25(13-18)44(54)55)22(20)16-23-32(30)38(51)42(36(23)49)19-14-26(45(56)57)34(40(4)5)27(15-19)46(58)59/h7-8,10-15,21-23,30-32,47H,6,9,16H2,1-5H3/t21-,22+,23+,30-,31-,32+/m0/s1. The number of aromatic hydroxyl groups is 1. The molecule has 1 N–H and O–H groups in total. The Balaban J connectivity index is 1.38. The average Bonchev–Trinajstić information content (AvgIpc) is 3.59. The molecule has 4 aliphatic rings. The molecule has 2 aliphatic carbocycles. The number of amides is 4. The van der Waals surface area contributed by atoms with E-state index in [1.807, 2.05) is 0 Å². The van der Waals surface area contributed by atoms with Crippen LogP contribution in [0.3, 0.4) is 0 Å². The van der Waals surface area contributed by atoms with E-state index in [0.717, 1.165) is 29.2 Å². The van der Waals surface area contributed by atoms with Gasteiger partial charge in [0.2, 0.25) is 23.6 Å². The second kappa shape index (κ2) is 14.7. The molecule has 3 aromatic rings. The highest BCUT2D eigenvalue weighted by molar-refractivity contribution is 6.24. The van der Waals surface area contributed by atoms with E-state index in [0.29, 0.717) is 20.9 Å². The molecule has 0 radical (unpaired) electrons. The van der Waals surface area contributed by atoms with Gasteiger partial charge in [0.25, 0.3) is 0 Å². The molecular weight excluding hydrogens is 792 g/mol. The molecule has 3 fully saturated rings. The summed E-state index contributed by atoms with van der Waals surface area (Å²) in [5.74, 6) is -10.3. The molecule has 2 saturated heterocycles. The molecule has 22 nitrogen and oxygen atoms in total. The predicted octanol–water partition coefficient (Wildman–Crippen LogP) is 4.60. The fourth-order valence-electron chi connectivity index (χ4n) is 9.38. The number of phenols is 1. The molecule has 0 spiro atoms. The van der Waals surface area contributed by atoms with Gasteiger partial charge in [0.1, 0.15) is 0 Å². The Bertz CT molecular complexity index is 2430. The molecule has 60 heavy (non-hydrogen) atoms. The summed E-state index contributed by atoms with van der Waals surface area (Å²) in [6.07, 6.45) is 1.40. The summed E-state index contributed by atoms with van der Waals surface area (Å²) in [4.78, 5) is 107. The van der Waals surface area contributed by atoms with Crippen LogP contribution in [0.1, 0.15) is 31.2 Å². The number of hydrogen-bond donors (Lipinski definition) is 1. The Morgan fingerprint density at radius 3 is 1.55 bits per heavy atom. The zero-order valence-corrected chi connectivity index (χ0v) is 32.5. The maximum Gasteiger partial charge on any atom is 0.301 e. The summed E-state index contributed by atoms with van der Waals surface area (Å²) in [5.41, 5.74) is -3.70. The number of nitrogens with zero attached hydrogens (tertiary/aromatic N) is 8. The van der Waals surface area contributed by atoms with E-state index in [-0.39, 0.29) is 42.3 Å². The van der Waals surface area contributed by atoms with Crippen LogP contribution in [0.5, 0.6) is 11.5 Å². The molecule has 312 valence electrons. The van der Waals surface area contributed by atoms with Gasteiger partial charge in [-0.25, -0.2) is 9.80 Å². The quantitative estimate of drug-likeness (QED) is 0.120. The van der Waals surface area contributed by atoms with Crippen LogP contribution >= 0.6 is 0 Å². The van der Waals surface area contributed by atoms with Crippen LogP contribution in [0.25, 0.3) is 0 Å². The number of nitro benzene ring substituents is 4. The smallest absolute Gasteiger partial charge is 0.301 e. The van der Waals surface area contributed by atoms with E-state index in [9.17, 15) is 64.7 Å². The molecule has 0 unspecified atom stereocenters. The summed E-state index contributed by atoms with van der Waals surface area (Å²) in [6, 6.07) is 7.90. The fraction of sp³-hybridized carbons (Fsp3) is 0.368. The highest BCUT2D eigenvalue weighted by atomic mass is 16.6. The van der Waals surface area contributed by atoms with Crippen LogP contribution in [0, 0.1) is 70.0 Å². The molecular formula is C38H36N8O14. The zero-order chi connectivity index (χ0) is 43.8. The van der Waals surface area contributed by atoms with Crippen LogP contribution in [0.4, 0.5) is 45.5 Å². The van der Waals surface area contributed by atoms with Crippen molar-refractivity contribution in [2.45, 2.75) is 25.7 Å². The van der Waals surface area contributed by atoms with E-state index in [4.69, 9.17) is 4.74 Å². The fourth-order valence-corrected chi connectivity index (χ4v) is 9.38. The van der Waals surface area contributed by atoms with Gasteiger partial charge in [-0.05, 0) is 43.4 Å². The molecule has 22 heteroatoms. The molecule has 0 aromatic heterocycles. The summed E-state index contributed by atoms with van der Waals surface area (Å²) < 4.78 is 5.63. The van der Waals surface area contributed by atoms with Gasteiger partial charge in [0, 0.05) is 58.4 Å². The Morgan fingerprint density at radius 1 is 0.667 bits per heavy atom. The second-order valence-electron chi connectivity index (χ2n) is 15.2. The second-order valence-corrected chi connectivity index (χ2v) is 15.2. The Labute approximate surface area is 338 Å². The lowest BCUT2D eigenvalue weighted by molar-refractivity contribution is -0.392. The molecule has 7 rings (SSSR count). The van der Waals surface area contributed by atoms with E-state index in [2.05, 4.69) is 0 Å². The normalized spacial score (nSPS) is 23.1. The maximum atomic E-state index is 14.7. The number of allylic oxidation sites excluding steroid dienone is 2. The van der Waals surface area contributed by atoms with Crippen molar-refractivity contribution in [3.8, 4) is 11.5 Å². The average molecular weight is 829 g/mol. The number of fused-ring (bicyclic) bond motifs is 4. The number of anilines is 4. The number of imide groups is 2. The predicted molar refractivity (Wildman–Crippen MR) is 210 cm³/mol. The van der Waals surface area contributed by atoms with Gasteiger partial charge in [-0.2, -0.15) is 0 Å². The molecule has 4 amide bonds. The maximum absolute atomic E-state index is 14.7. The number of hydrogen-bond acceptors (Lipinski definition) is 16. The van der Waals surface area contributed by atoms with E-state index < -0.39 is 113 Å². The van der Waals surface area contributed by atoms with E-state index in [1.165, 1.54) is 51.3 Å². The van der Waals surface area contributed by atoms with E-state index >= 15 is 0 Å². The van der Waals surface area contributed by atoms with Crippen molar-refractivity contribution >= 4 is 69.1 Å². The first-order valence-corrected chi connectivity index (χ1v) is 18.5. The van der Waals surface area contributed by atoms with Crippen molar-refractivity contribution in [2.24, 2.45) is 29.6 Å². The summed E-state index contributed by atoms with van der Waals surface area (Å²) in [7, 11) is 5.43. The number of rotatable bonds is 11. The zero-order valence-electron chi connectivity index (χ0n) is 32.5. The van der Waals surface area contributed by atoms with Gasteiger partial charge in [-0.1, -0.05) is 17.7 Å². The van der Waals surface area contributed by atoms with Gasteiger partial charge in [-0.15, -0.1) is 0 Å². The number of ether oxygens (including phenoxy) is 1. The summed E-state index contributed by atoms with van der Waals surface area (Å²) in [5, 5.41) is 59.4. The monoisotopic (exact) mass is 828 g/mol. The van der Waals surface area contributed by atoms with E-state index in [1.54, 1.807) is 13.0 Å². The third-order valence-electron chi connectivity index (χ3n) is 11.6. The lowest BCUT2D eigenvalue weighted by Gasteiger charge is -2.44. The van der Waals surface area contributed by atoms with Crippen molar-refractivity contribution in [3.05, 3.63) is 100 Å². The molecule has 3 aromatic carbocycles. The van der Waals surface area contributed by atoms with Gasteiger partial charge >= 0.3 is 22.7 Å². The number of phenolic OH excluding ortho intramolecular Hbond substituents is 1. The highest BCUT2D eigenvalue weighted by Crippen LogP contribution is 2.59. The van der Waals surface area contributed by atoms with Crippen molar-refractivity contribution in [1.82, 2.24) is 0 Å². The number of nitro groups is 4. The van der Waals surface area contributed by atoms with Gasteiger partial charge in [0.05, 0.1) is 61.3 Å². The van der Waals surface area contributed by atoms with Crippen LogP contribution < -0.4 is 24.3 Å². The van der Waals surface area contributed by atoms with Crippen LogP contribution in [-0.4, -0.2) is 83.2 Å². The third kappa shape index (κ3) is 6.17. The molecule has 6 atom stereocenters. The van der Waals surface area contributed by atoms with Crippen molar-refractivity contribution < 1.29 is 48.7 Å². The highest BCUT2D eigenvalue weighted by Gasteiger charge is 2.63. The van der Waals surface area contributed by atoms with Gasteiger partial charge in [-0.3, -0.25) is 59.6 Å². The Morgan fingerprint density at radius 2 is 1.12 bits per heavy atom. The van der Waals surface area contributed by atoms with Crippen LogP contribution in [0.15, 0.2) is 54.1 Å². The van der Waals surface area contributed by atoms with Crippen LogP contribution in [-0.2, 0) is 19.2 Å². The van der Waals surface area contributed by atoms with Crippen molar-refractivity contribution in [3.63, 3.8) is 0 Å². The molecule has 1 saturated carbocycles. The number of benzene rings is 3.